The van der Waals surface area contributed by atoms with Gasteiger partial charge in [0.15, 0.2) is 0 Å². The molecular formula is C34H35F3N8O3. The number of ether oxygens (including phenoxy) is 1. The summed E-state index contributed by atoms with van der Waals surface area (Å²) < 4.78 is 46.6. The predicted octanol–water partition coefficient (Wildman–Crippen LogP) is 5.67. The third-order valence-electron chi connectivity index (χ3n) is 9.48. The maximum Gasteiger partial charge on any atom is 0.416 e. The average Bonchev–Trinajstić information content (AvgIpc) is 3.73. The SMILES string of the molecule is N#CC1(C(=O)NCCCC2(c3nc(-c4ccc(C(=O)Nc5cc(C(F)(F)F)ccn5)cc4)c4c(N)nccn34)CCCC2)CCOCC1. The van der Waals surface area contributed by atoms with E-state index in [-0.39, 0.29) is 22.7 Å². The molecule has 1 saturated carbocycles. The van der Waals surface area contributed by atoms with Crippen molar-refractivity contribution in [2.45, 2.75) is 63.0 Å². The normalized spacial score (nSPS) is 17.1. The van der Waals surface area contributed by atoms with Crippen molar-refractivity contribution in [3.8, 4) is 17.3 Å². The number of nitrogens with zero attached hydrogens (tertiary/aromatic N) is 5. The van der Waals surface area contributed by atoms with Crippen LogP contribution < -0.4 is 16.4 Å². The second kappa shape index (κ2) is 13.2. The van der Waals surface area contributed by atoms with Gasteiger partial charge in [0, 0.05) is 54.9 Å². The minimum atomic E-state index is -4.56. The first-order valence-corrected chi connectivity index (χ1v) is 15.9. The van der Waals surface area contributed by atoms with E-state index in [9.17, 15) is 28.0 Å². The number of nitrogens with one attached hydrogen (secondary N) is 2. The Kier molecular flexibility index (Phi) is 9.07. The van der Waals surface area contributed by atoms with E-state index in [0.29, 0.717) is 61.6 Å². The van der Waals surface area contributed by atoms with Crippen molar-refractivity contribution in [1.82, 2.24) is 24.7 Å². The first-order chi connectivity index (χ1) is 23.1. The maximum absolute atomic E-state index is 13.1. The molecule has 0 atom stereocenters. The van der Waals surface area contributed by atoms with E-state index in [1.54, 1.807) is 30.5 Å². The molecule has 4 N–H and O–H groups in total. The molecule has 4 aromatic rings. The summed E-state index contributed by atoms with van der Waals surface area (Å²) in [6.45, 7) is 1.22. The quantitative estimate of drug-likeness (QED) is 0.194. The summed E-state index contributed by atoms with van der Waals surface area (Å²) >= 11 is 0. The molecule has 2 amide bonds. The summed E-state index contributed by atoms with van der Waals surface area (Å²) in [5, 5.41) is 15.2. The smallest absolute Gasteiger partial charge is 0.382 e. The van der Waals surface area contributed by atoms with Crippen LogP contribution in [0.1, 0.15) is 73.1 Å². The Morgan fingerprint density at radius 2 is 1.77 bits per heavy atom. The molecular weight excluding hydrogens is 625 g/mol. The van der Waals surface area contributed by atoms with Crippen molar-refractivity contribution in [2.75, 3.05) is 30.8 Å². The van der Waals surface area contributed by atoms with E-state index in [4.69, 9.17) is 15.5 Å². The highest BCUT2D eigenvalue weighted by Gasteiger charge is 2.42. The molecule has 250 valence electrons. The lowest BCUT2D eigenvalue weighted by Gasteiger charge is -2.30. The van der Waals surface area contributed by atoms with Crippen LogP contribution in [0.15, 0.2) is 55.0 Å². The van der Waals surface area contributed by atoms with Gasteiger partial charge in [0.1, 0.15) is 34.1 Å². The zero-order valence-corrected chi connectivity index (χ0v) is 26.1. The van der Waals surface area contributed by atoms with Crippen LogP contribution in [-0.2, 0) is 21.1 Å². The Morgan fingerprint density at radius 1 is 1.04 bits per heavy atom. The van der Waals surface area contributed by atoms with Gasteiger partial charge in [-0.1, -0.05) is 25.0 Å². The number of nitrogens with two attached hydrogens (primary N) is 1. The van der Waals surface area contributed by atoms with Gasteiger partial charge in [0.25, 0.3) is 5.91 Å². The molecule has 2 aliphatic rings. The zero-order chi connectivity index (χ0) is 33.9. The summed E-state index contributed by atoms with van der Waals surface area (Å²) in [5.74, 6) is 0.0732. The van der Waals surface area contributed by atoms with Crippen LogP contribution in [0.5, 0.6) is 0 Å². The number of halogens is 3. The minimum Gasteiger partial charge on any atom is -0.382 e. The van der Waals surface area contributed by atoms with Gasteiger partial charge in [-0.2, -0.15) is 18.4 Å². The van der Waals surface area contributed by atoms with Crippen molar-refractivity contribution in [3.63, 3.8) is 0 Å². The standard InChI is InChI=1S/C34H35F3N8O3/c35-34(36,37)24-8-15-40-25(20-24)43-29(46)23-6-4-22(5-7-23)26-27-28(39)41-16-17-45(27)30(44-26)32(9-1-2-10-32)11-3-14-42-31(47)33(21-38)12-18-48-19-13-33/h4-8,15-17,20H,1-3,9-14,18-19H2,(H2,39,41)(H,42,47)(H,40,43,46). The van der Waals surface area contributed by atoms with Gasteiger partial charge < -0.3 is 21.1 Å². The third kappa shape index (κ3) is 6.42. The number of aromatic nitrogens is 4. The lowest BCUT2D eigenvalue weighted by molar-refractivity contribution is -0.137. The molecule has 2 fully saturated rings. The fourth-order valence-electron chi connectivity index (χ4n) is 6.83. The van der Waals surface area contributed by atoms with E-state index in [2.05, 4.69) is 26.7 Å². The number of hydrogen-bond donors (Lipinski definition) is 3. The van der Waals surface area contributed by atoms with Gasteiger partial charge in [0.05, 0.1) is 11.6 Å². The highest BCUT2D eigenvalue weighted by molar-refractivity contribution is 6.04. The molecule has 11 nitrogen and oxygen atoms in total. The molecule has 48 heavy (non-hydrogen) atoms. The number of imidazole rings is 1. The van der Waals surface area contributed by atoms with Gasteiger partial charge in [0.2, 0.25) is 5.91 Å². The second-order valence-corrected chi connectivity index (χ2v) is 12.4. The first-order valence-electron chi connectivity index (χ1n) is 15.9. The van der Waals surface area contributed by atoms with Crippen molar-refractivity contribution < 1.29 is 27.5 Å². The molecule has 1 saturated heterocycles. The number of hydrogen-bond acceptors (Lipinski definition) is 8. The largest absolute Gasteiger partial charge is 0.416 e. The number of benzene rings is 1. The Hall–Kier alpha value is -5.03. The molecule has 1 aromatic carbocycles. The maximum atomic E-state index is 13.1. The lowest BCUT2D eigenvalue weighted by Crippen LogP contribution is -2.44. The van der Waals surface area contributed by atoms with Gasteiger partial charge in [-0.25, -0.2) is 15.0 Å². The van der Waals surface area contributed by atoms with Crippen molar-refractivity contribution in [2.24, 2.45) is 5.41 Å². The van der Waals surface area contributed by atoms with Crippen LogP contribution in [0.25, 0.3) is 16.8 Å². The summed E-state index contributed by atoms with van der Waals surface area (Å²) in [5.41, 5.74) is 6.30. The summed E-state index contributed by atoms with van der Waals surface area (Å²) in [4.78, 5) is 39.1. The molecule has 1 aliphatic carbocycles. The Labute approximate surface area is 274 Å². The van der Waals surface area contributed by atoms with Crippen LogP contribution >= 0.6 is 0 Å². The minimum absolute atomic E-state index is 0.211. The molecule has 0 spiro atoms. The van der Waals surface area contributed by atoms with Gasteiger partial charge in [-0.15, -0.1) is 0 Å². The number of rotatable bonds is 9. The van der Waals surface area contributed by atoms with E-state index >= 15 is 0 Å². The topological polar surface area (TPSA) is 160 Å². The van der Waals surface area contributed by atoms with Crippen LogP contribution in [-0.4, -0.2) is 50.9 Å². The van der Waals surface area contributed by atoms with Gasteiger partial charge >= 0.3 is 6.18 Å². The Bertz CT molecular complexity index is 1850. The highest BCUT2D eigenvalue weighted by Crippen LogP contribution is 2.46. The summed E-state index contributed by atoms with van der Waals surface area (Å²) in [7, 11) is 0. The number of nitrogen functional groups attached to an aromatic ring is 1. The number of carbonyl (C=O) groups is 2. The number of fused-ring (bicyclic) bond motifs is 1. The van der Waals surface area contributed by atoms with Crippen LogP contribution in [0, 0.1) is 16.7 Å². The number of carbonyl (C=O) groups excluding carboxylic acids is 2. The fraction of sp³-hybridized carbons (Fsp3) is 0.412. The number of alkyl halides is 3. The van der Waals surface area contributed by atoms with Crippen molar-refractivity contribution in [3.05, 3.63) is 71.9 Å². The lowest BCUT2D eigenvalue weighted by atomic mass is 9.79. The number of anilines is 2. The van der Waals surface area contributed by atoms with Crippen LogP contribution in [0.2, 0.25) is 0 Å². The molecule has 0 radical (unpaired) electrons. The Balaban J connectivity index is 1.22. The van der Waals surface area contributed by atoms with Gasteiger partial charge in [-0.3, -0.25) is 14.0 Å². The highest BCUT2D eigenvalue weighted by atomic mass is 19.4. The Morgan fingerprint density at radius 3 is 2.46 bits per heavy atom. The first kappa shape index (κ1) is 32.9. The monoisotopic (exact) mass is 660 g/mol. The van der Waals surface area contributed by atoms with Crippen molar-refractivity contribution >= 4 is 29.0 Å². The number of amides is 2. The van der Waals surface area contributed by atoms with E-state index in [0.717, 1.165) is 56.3 Å². The van der Waals surface area contributed by atoms with Gasteiger partial charge in [-0.05, 0) is 62.8 Å². The summed E-state index contributed by atoms with van der Waals surface area (Å²) in [6.07, 6.45) is 5.99. The van der Waals surface area contributed by atoms with Crippen LogP contribution in [0.3, 0.4) is 0 Å². The van der Waals surface area contributed by atoms with E-state index in [1.807, 2.05) is 10.6 Å². The molecule has 6 rings (SSSR count). The van der Waals surface area contributed by atoms with Crippen molar-refractivity contribution in [1.29, 1.82) is 5.26 Å². The molecule has 1 aliphatic heterocycles. The number of nitriles is 1. The van der Waals surface area contributed by atoms with E-state index in [1.165, 1.54) is 0 Å². The van der Waals surface area contributed by atoms with Crippen LogP contribution in [0.4, 0.5) is 24.8 Å². The average molecular weight is 661 g/mol. The summed E-state index contributed by atoms with van der Waals surface area (Å²) in [6, 6.07) is 10.4. The molecule has 14 heteroatoms. The molecule has 0 bridgehead atoms. The molecule has 4 heterocycles. The second-order valence-electron chi connectivity index (χ2n) is 12.4. The number of pyridine rings is 1. The van der Waals surface area contributed by atoms with E-state index < -0.39 is 23.1 Å². The molecule has 3 aromatic heterocycles. The predicted molar refractivity (Wildman–Crippen MR) is 171 cm³/mol. The zero-order valence-electron chi connectivity index (χ0n) is 26.1. The fourth-order valence-corrected chi connectivity index (χ4v) is 6.83. The third-order valence-corrected chi connectivity index (χ3v) is 9.48. The molecule has 0 unspecified atom stereocenters.